The normalized spacial score (nSPS) is 15.8. The van der Waals surface area contributed by atoms with E-state index < -0.39 is 0 Å². The number of nitrogens with one attached hydrogen (secondary N) is 1. The molecule has 3 aromatic rings. The maximum atomic E-state index is 12.4. The number of imidazole rings is 1. The number of piperidine rings is 1. The molecule has 0 saturated carbocycles. The molecule has 154 valence electrons. The molecule has 2 aromatic heterocycles. The zero-order valence-electron chi connectivity index (χ0n) is 17.4. The molecule has 0 aliphatic carbocycles. The number of unbranched alkanes of at least 4 members (excludes halogenated alkanes) is 1. The lowest BCUT2D eigenvalue weighted by molar-refractivity contribution is 0.103. The summed E-state index contributed by atoms with van der Waals surface area (Å²) in [5.41, 5.74) is 2.92. The monoisotopic (exact) mass is 410 g/mol. The van der Waals surface area contributed by atoms with E-state index in [-0.39, 0.29) is 5.91 Å². The molecule has 1 amide bonds. The fourth-order valence-corrected chi connectivity index (χ4v) is 4.58. The Morgan fingerprint density at radius 3 is 2.83 bits per heavy atom. The van der Waals surface area contributed by atoms with E-state index in [9.17, 15) is 4.79 Å². The van der Waals surface area contributed by atoms with Crippen molar-refractivity contribution in [1.29, 1.82) is 0 Å². The number of nitrogens with zero attached hydrogens (tertiary/aromatic N) is 3. The van der Waals surface area contributed by atoms with Gasteiger partial charge >= 0.3 is 0 Å². The molecule has 4 rings (SSSR count). The first-order valence-electron chi connectivity index (χ1n) is 10.7. The van der Waals surface area contributed by atoms with Gasteiger partial charge in [-0.05, 0) is 67.9 Å². The number of amides is 1. The van der Waals surface area contributed by atoms with Gasteiger partial charge in [0.1, 0.15) is 5.82 Å². The largest absolute Gasteiger partial charge is 0.327 e. The number of aromatic nitrogens is 2. The number of benzene rings is 1. The van der Waals surface area contributed by atoms with Crippen molar-refractivity contribution in [2.24, 2.45) is 5.92 Å². The van der Waals surface area contributed by atoms with Crippen LogP contribution in [0.2, 0.25) is 0 Å². The third-order valence-corrected chi connectivity index (χ3v) is 6.68. The predicted octanol–water partition coefficient (Wildman–Crippen LogP) is 5.38. The summed E-state index contributed by atoms with van der Waals surface area (Å²) < 4.78 is 2.38. The highest BCUT2D eigenvalue weighted by atomic mass is 32.1. The highest BCUT2D eigenvalue weighted by Gasteiger charge is 2.19. The van der Waals surface area contributed by atoms with Crippen molar-refractivity contribution < 1.29 is 4.79 Å². The van der Waals surface area contributed by atoms with Crippen LogP contribution >= 0.6 is 11.3 Å². The van der Waals surface area contributed by atoms with Crippen molar-refractivity contribution in [1.82, 2.24) is 14.5 Å². The summed E-state index contributed by atoms with van der Waals surface area (Å²) >= 11 is 1.45. The molecule has 3 heterocycles. The Bertz CT molecular complexity index is 955. The standard InChI is InChI=1S/C23H30N4OS/c1-3-4-11-27-20-8-7-18(24-23(28)21-6-5-14-29-21)15-19(20)25-22(27)16-26-12-9-17(2)10-13-26/h5-8,14-15,17H,3-4,9-13,16H2,1-2H3,(H,24,28). The second-order valence-electron chi connectivity index (χ2n) is 8.13. The van der Waals surface area contributed by atoms with E-state index >= 15 is 0 Å². The number of likely N-dealkylation sites (tertiary alicyclic amines) is 1. The number of hydrogen-bond acceptors (Lipinski definition) is 4. The lowest BCUT2D eigenvalue weighted by atomic mass is 9.99. The van der Waals surface area contributed by atoms with Gasteiger partial charge in [-0.2, -0.15) is 0 Å². The summed E-state index contributed by atoms with van der Waals surface area (Å²) in [5, 5.41) is 4.92. The molecule has 0 spiro atoms. The Morgan fingerprint density at radius 2 is 2.10 bits per heavy atom. The predicted molar refractivity (Wildman–Crippen MR) is 121 cm³/mol. The van der Waals surface area contributed by atoms with Crippen LogP contribution in [0, 0.1) is 5.92 Å². The van der Waals surface area contributed by atoms with Crippen LogP contribution in [0.5, 0.6) is 0 Å². The van der Waals surface area contributed by atoms with Crippen LogP contribution in [0.3, 0.4) is 0 Å². The highest BCUT2D eigenvalue weighted by molar-refractivity contribution is 7.12. The van der Waals surface area contributed by atoms with Gasteiger partial charge in [0, 0.05) is 12.2 Å². The van der Waals surface area contributed by atoms with E-state index in [0.717, 1.165) is 72.4 Å². The van der Waals surface area contributed by atoms with Crippen molar-refractivity contribution in [2.45, 2.75) is 52.6 Å². The Morgan fingerprint density at radius 1 is 1.28 bits per heavy atom. The molecule has 1 fully saturated rings. The summed E-state index contributed by atoms with van der Waals surface area (Å²) in [6.07, 6.45) is 4.85. The third kappa shape index (κ3) is 4.70. The number of aryl methyl sites for hydroxylation is 1. The van der Waals surface area contributed by atoms with Crippen LogP contribution in [0.25, 0.3) is 11.0 Å². The second kappa shape index (κ2) is 9.09. The van der Waals surface area contributed by atoms with Gasteiger partial charge in [-0.15, -0.1) is 11.3 Å². The SMILES string of the molecule is CCCCn1c(CN2CCC(C)CC2)nc2cc(NC(=O)c3cccs3)ccc21. The number of hydrogen-bond donors (Lipinski definition) is 1. The van der Waals surface area contributed by atoms with Crippen LogP contribution in [0.4, 0.5) is 5.69 Å². The number of fused-ring (bicyclic) bond motifs is 1. The van der Waals surface area contributed by atoms with E-state index in [1.54, 1.807) is 0 Å². The fourth-order valence-electron chi connectivity index (χ4n) is 3.96. The molecule has 0 bridgehead atoms. The second-order valence-corrected chi connectivity index (χ2v) is 9.07. The Labute approximate surface area is 176 Å². The molecule has 0 unspecified atom stereocenters. The van der Waals surface area contributed by atoms with E-state index in [4.69, 9.17) is 4.98 Å². The number of carbonyl (C=O) groups is 1. The zero-order valence-corrected chi connectivity index (χ0v) is 18.2. The van der Waals surface area contributed by atoms with E-state index in [1.165, 1.54) is 24.2 Å². The molecule has 1 saturated heterocycles. The van der Waals surface area contributed by atoms with Crippen LogP contribution in [-0.2, 0) is 13.1 Å². The summed E-state index contributed by atoms with van der Waals surface area (Å²) in [6, 6.07) is 9.83. The third-order valence-electron chi connectivity index (χ3n) is 5.81. The zero-order chi connectivity index (χ0) is 20.2. The minimum Gasteiger partial charge on any atom is -0.327 e. The van der Waals surface area contributed by atoms with Crippen molar-refractivity contribution >= 4 is 34.0 Å². The van der Waals surface area contributed by atoms with Gasteiger partial charge in [0.25, 0.3) is 5.91 Å². The van der Waals surface area contributed by atoms with Crippen molar-refractivity contribution in [2.75, 3.05) is 18.4 Å². The lowest BCUT2D eigenvalue weighted by Gasteiger charge is -2.30. The Hall–Kier alpha value is -2.18. The topological polar surface area (TPSA) is 50.2 Å². The van der Waals surface area contributed by atoms with Gasteiger partial charge in [0.15, 0.2) is 0 Å². The quantitative estimate of drug-likeness (QED) is 0.569. The fraction of sp³-hybridized carbons (Fsp3) is 0.478. The van der Waals surface area contributed by atoms with Gasteiger partial charge < -0.3 is 9.88 Å². The molecule has 0 radical (unpaired) electrons. The van der Waals surface area contributed by atoms with Gasteiger partial charge in [-0.25, -0.2) is 4.98 Å². The first-order chi connectivity index (χ1) is 14.1. The Kier molecular flexibility index (Phi) is 6.31. The summed E-state index contributed by atoms with van der Waals surface area (Å²) in [6.45, 7) is 8.78. The molecule has 5 nitrogen and oxygen atoms in total. The molecule has 1 aliphatic rings. The number of thiophene rings is 1. The number of rotatable bonds is 7. The summed E-state index contributed by atoms with van der Waals surface area (Å²) in [7, 11) is 0. The maximum Gasteiger partial charge on any atom is 0.265 e. The minimum absolute atomic E-state index is 0.0626. The maximum absolute atomic E-state index is 12.4. The summed E-state index contributed by atoms with van der Waals surface area (Å²) in [5.74, 6) is 1.91. The van der Waals surface area contributed by atoms with Gasteiger partial charge in [0.2, 0.25) is 0 Å². The van der Waals surface area contributed by atoms with Gasteiger partial charge in [-0.1, -0.05) is 26.3 Å². The van der Waals surface area contributed by atoms with E-state index in [2.05, 4.69) is 34.7 Å². The van der Waals surface area contributed by atoms with E-state index in [0.29, 0.717) is 0 Å². The minimum atomic E-state index is -0.0626. The lowest BCUT2D eigenvalue weighted by Crippen LogP contribution is -2.33. The molecular formula is C23H30N4OS. The Balaban J connectivity index is 1.57. The van der Waals surface area contributed by atoms with Gasteiger partial charge in [-0.3, -0.25) is 9.69 Å². The molecule has 0 atom stereocenters. The smallest absolute Gasteiger partial charge is 0.265 e. The first-order valence-corrected chi connectivity index (χ1v) is 11.6. The van der Waals surface area contributed by atoms with Gasteiger partial charge in [0.05, 0.1) is 22.5 Å². The van der Waals surface area contributed by atoms with Crippen LogP contribution in [0.15, 0.2) is 35.7 Å². The molecular weight excluding hydrogens is 380 g/mol. The first kappa shape index (κ1) is 20.1. The average molecular weight is 411 g/mol. The summed E-state index contributed by atoms with van der Waals surface area (Å²) in [4.78, 5) is 20.6. The molecule has 29 heavy (non-hydrogen) atoms. The van der Waals surface area contributed by atoms with Crippen molar-refractivity contribution in [3.8, 4) is 0 Å². The average Bonchev–Trinajstić information content (AvgIpc) is 3.36. The highest BCUT2D eigenvalue weighted by Crippen LogP contribution is 2.24. The molecule has 6 heteroatoms. The molecule has 1 aromatic carbocycles. The van der Waals surface area contributed by atoms with Crippen LogP contribution in [0.1, 0.15) is 55.0 Å². The van der Waals surface area contributed by atoms with Crippen molar-refractivity contribution in [3.63, 3.8) is 0 Å². The number of anilines is 1. The van der Waals surface area contributed by atoms with Crippen LogP contribution < -0.4 is 5.32 Å². The van der Waals surface area contributed by atoms with E-state index in [1.807, 2.05) is 29.6 Å². The number of carbonyl (C=O) groups excluding carboxylic acids is 1. The molecule has 1 aliphatic heterocycles. The van der Waals surface area contributed by atoms with Crippen molar-refractivity contribution in [3.05, 3.63) is 46.4 Å². The van der Waals surface area contributed by atoms with Crippen LogP contribution in [-0.4, -0.2) is 33.4 Å². The molecule has 1 N–H and O–H groups in total.